The molecule has 3 heteroatoms. The van der Waals surface area contributed by atoms with Crippen LogP contribution < -0.4 is 5.73 Å². The molecule has 15 heavy (non-hydrogen) atoms. The molecule has 2 N–H and O–H groups in total. The second-order valence-corrected chi connectivity index (χ2v) is 4.20. The van der Waals surface area contributed by atoms with Gasteiger partial charge in [0, 0.05) is 4.47 Å². The molecule has 80 valence electrons. The highest BCUT2D eigenvalue weighted by Gasteiger charge is 1.99. The maximum atomic E-state index is 13.2. The van der Waals surface area contributed by atoms with Gasteiger partial charge in [0.25, 0.3) is 0 Å². The molecule has 1 atom stereocenters. The molecule has 0 bridgehead atoms. The van der Waals surface area contributed by atoms with Crippen molar-refractivity contribution in [1.29, 1.82) is 0 Å². The fraction of sp³-hybridized carbons (Fsp3) is 0.333. The smallest absolute Gasteiger partial charge is 0.138 e. The molecule has 0 aliphatic rings. The van der Waals surface area contributed by atoms with E-state index in [2.05, 4.69) is 27.8 Å². The van der Waals surface area contributed by atoms with E-state index in [1.54, 1.807) is 12.1 Å². The van der Waals surface area contributed by atoms with Crippen LogP contribution in [0.3, 0.4) is 0 Å². The van der Waals surface area contributed by atoms with Gasteiger partial charge in [0.05, 0.1) is 11.6 Å². The third kappa shape index (κ3) is 4.03. The van der Waals surface area contributed by atoms with Gasteiger partial charge in [-0.05, 0) is 24.6 Å². The van der Waals surface area contributed by atoms with Crippen LogP contribution in [-0.4, -0.2) is 6.04 Å². The first kappa shape index (κ1) is 12.2. The van der Waals surface area contributed by atoms with Crippen LogP contribution in [0.1, 0.15) is 25.3 Å². The summed E-state index contributed by atoms with van der Waals surface area (Å²) in [7, 11) is 0. The van der Waals surface area contributed by atoms with Crippen molar-refractivity contribution >= 4 is 15.9 Å². The largest absolute Gasteiger partial charge is 0.318 e. The highest BCUT2D eigenvalue weighted by atomic mass is 79.9. The average molecular weight is 270 g/mol. The van der Waals surface area contributed by atoms with E-state index in [0.717, 1.165) is 17.3 Å². The molecule has 1 nitrogen and oxygen atoms in total. The number of hydrogen-bond donors (Lipinski definition) is 1. The first-order valence-electron chi connectivity index (χ1n) is 4.85. The molecule has 0 radical (unpaired) electrons. The van der Waals surface area contributed by atoms with Gasteiger partial charge >= 0.3 is 0 Å². The molecule has 0 spiro atoms. The number of halogens is 2. The van der Waals surface area contributed by atoms with Crippen molar-refractivity contribution in [1.82, 2.24) is 0 Å². The third-order valence-corrected chi connectivity index (χ3v) is 2.41. The molecule has 1 aromatic rings. The predicted octanol–water partition coefficient (Wildman–Crippen LogP) is 3.07. The minimum Gasteiger partial charge on any atom is -0.318 e. The second-order valence-electron chi connectivity index (χ2n) is 3.29. The monoisotopic (exact) mass is 269 g/mol. The number of nitrogens with two attached hydrogens (primary N) is 1. The summed E-state index contributed by atoms with van der Waals surface area (Å²) in [5.74, 6) is 5.28. The van der Waals surface area contributed by atoms with Crippen LogP contribution in [0, 0.1) is 17.7 Å². The van der Waals surface area contributed by atoms with Crippen molar-refractivity contribution in [3.63, 3.8) is 0 Å². The summed E-state index contributed by atoms with van der Waals surface area (Å²) in [6.07, 6.45) is 1.82. The van der Waals surface area contributed by atoms with Crippen LogP contribution in [0.2, 0.25) is 0 Å². The molecular formula is C12H13BrFN. The summed E-state index contributed by atoms with van der Waals surface area (Å²) in [4.78, 5) is 0. The molecular weight excluding hydrogens is 257 g/mol. The van der Waals surface area contributed by atoms with Crippen molar-refractivity contribution in [2.45, 2.75) is 25.8 Å². The lowest BCUT2D eigenvalue weighted by Gasteiger charge is -1.99. The second kappa shape index (κ2) is 5.89. The zero-order valence-electron chi connectivity index (χ0n) is 8.56. The van der Waals surface area contributed by atoms with Crippen LogP contribution in [0.5, 0.6) is 0 Å². The third-order valence-electron chi connectivity index (χ3n) is 1.92. The van der Waals surface area contributed by atoms with E-state index in [4.69, 9.17) is 5.73 Å². The Morgan fingerprint density at radius 2 is 2.27 bits per heavy atom. The fourth-order valence-electron chi connectivity index (χ4n) is 1.15. The van der Waals surface area contributed by atoms with E-state index in [1.165, 1.54) is 6.07 Å². The predicted molar refractivity (Wildman–Crippen MR) is 63.9 cm³/mol. The van der Waals surface area contributed by atoms with Gasteiger partial charge in [0.2, 0.25) is 0 Å². The van der Waals surface area contributed by atoms with Gasteiger partial charge in [0.15, 0.2) is 0 Å². The number of rotatable bonds is 2. The van der Waals surface area contributed by atoms with Crippen molar-refractivity contribution in [2.75, 3.05) is 0 Å². The van der Waals surface area contributed by atoms with Crippen LogP contribution in [0.15, 0.2) is 22.7 Å². The summed E-state index contributed by atoms with van der Waals surface area (Å²) in [6, 6.07) is 4.51. The quantitative estimate of drug-likeness (QED) is 0.821. The molecule has 0 saturated heterocycles. The number of benzene rings is 1. The zero-order valence-corrected chi connectivity index (χ0v) is 10.1. The first-order chi connectivity index (χ1) is 7.13. The van der Waals surface area contributed by atoms with E-state index in [0.29, 0.717) is 5.56 Å². The number of hydrogen-bond acceptors (Lipinski definition) is 1. The lowest BCUT2D eigenvalue weighted by molar-refractivity contribution is 0.624. The highest BCUT2D eigenvalue weighted by Crippen LogP contribution is 2.14. The Bertz CT molecular complexity index is 392. The van der Waals surface area contributed by atoms with Crippen LogP contribution in [0.25, 0.3) is 0 Å². The maximum absolute atomic E-state index is 13.2. The maximum Gasteiger partial charge on any atom is 0.138 e. The van der Waals surface area contributed by atoms with Crippen molar-refractivity contribution in [3.05, 3.63) is 34.1 Å². The van der Waals surface area contributed by atoms with Crippen molar-refractivity contribution in [3.8, 4) is 11.8 Å². The summed E-state index contributed by atoms with van der Waals surface area (Å²) >= 11 is 3.27. The lowest BCUT2D eigenvalue weighted by Crippen LogP contribution is -2.16. The molecule has 0 heterocycles. The van der Waals surface area contributed by atoms with Gasteiger partial charge < -0.3 is 5.73 Å². The van der Waals surface area contributed by atoms with E-state index < -0.39 is 0 Å². The minimum absolute atomic E-state index is 0.173. The summed E-state index contributed by atoms with van der Waals surface area (Å²) in [5, 5.41) is 0. The Morgan fingerprint density at radius 3 is 2.93 bits per heavy atom. The Morgan fingerprint density at radius 1 is 1.53 bits per heavy atom. The highest BCUT2D eigenvalue weighted by molar-refractivity contribution is 9.10. The molecule has 0 aromatic heterocycles. The summed E-state index contributed by atoms with van der Waals surface area (Å²) < 4.78 is 14.1. The van der Waals surface area contributed by atoms with Crippen molar-refractivity contribution < 1.29 is 4.39 Å². The SMILES string of the molecule is CCCC(N)C#Cc1cc(Br)ccc1F. The normalized spacial score (nSPS) is 11.7. The zero-order chi connectivity index (χ0) is 11.3. The molecule has 0 saturated carbocycles. The van der Waals surface area contributed by atoms with E-state index in [-0.39, 0.29) is 11.9 Å². The van der Waals surface area contributed by atoms with Gasteiger partial charge in [-0.15, -0.1) is 0 Å². The van der Waals surface area contributed by atoms with E-state index in [9.17, 15) is 4.39 Å². The van der Waals surface area contributed by atoms with Crippen LogP contribution in [0.4, 0.5) is 4.39 Å². The molecule has 0 amide bonds. The van der Waals surface area contributed by atoms with Gasteiger partial charge in [-0.2, -0.15) is 0 Å². The van der Waals surface area contributed by atoms with Gasteiger partial charge in [-0.1, -0.05) is 41.1 Å². The molecule has 1 rings (SSSR count). The van der Waals surface area contributed by atoms with Crippen LogP contribution in [-0.2, 0) is 0 Å². The molecule has 1 unspecified atom stereocenters. The average Bonchev–Trinajstić information content (AvgIpc) is 2.20. The van der Waals surface area contributed by atoms with Gasteiger partial charge in [-0.25, -0.2) is 4.39 Å². The summed E-state index contributed by atoms with van der Waals surface area (Å²) in [5.41, 5.74) is 6.10. The first-order valence-corrected chi connectivity index (χ1v) is 5.65. The van der Waals surface area contributed by atoms with E-state index in [1.807, 2.05) is 6.92 Å². The Labute approximate surface area is 98.0 Å². The molecule has 1 aromatic carbocycles. The molecule has 0 aliphatic heterocycles. The standard InChI is InChI=1S/C12H13BrFN/c1-2-3-11(15)6-4-9-8-10(13)5-7-12(9)14/h5,7-8,11H,2-3,15H2,1H3. The van der Waals surface area contributed by atoms with Gasteiger partial charge in [-0.3, -0.25) is 0 Å². The fourth-order valence-corrected chi connectivity index (χ4v) is 1.51. The molecule has 0 fully saturated rings. The van der Waals surface area contributed by atoms with Gasteiger partial charge in [0.1, 0.15) is 5.82 Å². The van der Waals surface area contributed by atoms with Crippen LogP contribution >= 0.6 is 15.9 Å². The Hall–Kier alpha value is -0.850. The molecule has 0 aliphatic carbocycles. The Kier molecular flexibility index (Phi) is 4.80. The van der Waals surface area contributed by atoms with Crippen molar-refractivity contribution in [2.24, 2.45) is 5.73 Å². The van der Waals surface area contributed by atoms with E-state index >= 15 is 0 Å². The minimum atomic E-state index is -0.311. The lowest BCUT2D eigenvalue weighted by atomic mass is 10.1. The summed E-state index contributed by atoms with van der Waals surface area (Å²) in [6.45, 7) is 2.04. The Balaban J connectivity index is 2.83. The topological polar surface area (TPSA) is 26.0 Å².